The second kappa shape index (κ2) is 12.3. The topological polar surface area (TPSA) is 88.0 Å². The minimum absolute atomic E-state index is 0.0645. The lowest BCUT2D eigenvalue weighted by molar-refractivity contribution is 0.319. The van der Waals surface area contributed by atoms with Crippen LogP contribution < -0.4 is 27.8 Å². The first-order chi connectivity index (χ1) is 18.4. The summed E-state index contributed by atoms with van der Waals surface area (Å²) in [7, 11) is 1.63. The fourth-order valence-electron chi connectivity index (χ4n) is 3.68. The van der Waals surface area contributed by atoms with Crippen LogP contribution in [0.4, 0.5) is 0 Å². The molecule has 8 nitrogen and oxygen atoms in total. The second-order valence-electron chi connectivity index (χ2n) is 12.9. The lowest BCUT2D eigenvalue weighted by atomic mass is 9.90. The first kappa shape index (κ1) is 33.4. The quantitative estimate of drug-likeness (QED) is 0.122. The van der Waals surface area contributed by atoms with Gasteiger partial charge < -0.3 is 33.0 Å². The molecule has 2 aromatic carbocycles. The molecule has 2 aromatic rings. The molecule has 0 heterocycles. The van der Waals surface area contributed by atoms with Gasteiger partial charge in [-0.2, -0.15) is 0 Å². The third kappa shape index (κ3) is 6.88. The van der Waals surface area contributed by atoms with E-state index >= 15 is 0 Å². The zero-order valence-electron chi connectivity index (χ0n) is 26.8. The molecule has 224 valence electrons. The maximum absolute atomic E-state index is 9.83. The standard InChI is InChI=1S/C30H49NO7Si2/c1-29(2,3)39(11,12)37-26-21(15-16-23(33-7)28(26)38-40(13,14)30(4,5)6)22(19-31-32)20-17-24(34-8)27(36-10)25(18-20)35-9/h15-19,22,32H,1-14H3/b31-19-. The van der Waals surface area contributed by atoms with E-state index in [0.29, 0.717) is 34.5 Å². The fraction of sp³-hybridized carbons (Fsp3) is 0.567. The summed E-state index contributed by atoms with van der Waals surface area (Å²) in [6, 6.07) is 7.52. The average molecular weight is 592 g/mol. The van der Waals surface area contributed by atoms with E-state index in [9.17, 15) is 5.21 Å². The van der Waals surface area contributed by atoms with Gasteiger partial charge >= 0.3 is 0 Å². The monoisotopic (exact) mass is 591 g/mol. The summed E-state index contributed by atoms with van der Waals surface area (Å²) in [4.78, 5) is 0. The second-order valence-corrected chi connectivity index (χ2v) is 22.4. The lowest BCUT2D eigenvalue weighted by Crippen LogP contribution is -2.46. The molecule has 1 unspecified atom stereocenters. The molecule has 1 N–H and O–H groups in total. The van der Waals surface area contributed by atoms with Crippen LogP contribution in [0.1, 0.15) is 58.6 Å². The average Bonchev–Trinajstić information content (AvgIpc) is 2.85. The third-order valence-corrected chi connectivity index (χ3v) is 16.9. The molecule has 40 heavy (non-hydrogen) atoms. The van der Waals surface area contributed by atoms with Crippen molar-refractivity contribution in [1.29, 1.82) is 0 Å². The predicted molar refractivity (Wildman–Crippen MR) is 167 cm³/mol. The highest BCUT2D eigenvalue weighted by molar-refractivity contribution is 6.75. The van der Waals surface area contributed by atoms with Crippen LogP contribution in [0.25, 0.3) is 0 Å². The van der Waals surface area contributed by atoms with Gasteiger partial charge in [0.1, 0.15) is 0 Å². The summed E-state index contributed by atoms with van der Waals surface area (Å²) < 4.78 is 36.6. The van der Waals surface area contributed by atoms with Gasteiger partial charge in [0.15, 0.2) is 28.7 Å². The molecule has 2 rings (SSSR count). The number of hydrogen-bond donors (Lipinski definition) is 1. The number of ether oxygens (including phenoxy) is 4. The van der Waals surface area contributed by atoms with Crippen LogP contribution in [-0.4, -0.2) is 56.5 Å². The van der Waals surface area contributed by atoms with Crippen molar-refractivity contribution in [3.8, 4) is 34.5 Å². The summed E-state index contributed by atoms with van der Waals surface area (Å²) in [5.74, 6) is 2.67. The van der Waals surface area contributed by atoms with Crippen molar-refractivity contribution in [2.24, 2.45) is 5.16 Å². The molecular formula is C30H49NO7Si2. The van der Waals surface area contributed by atoms with Crippen LogP contribution >= 0.6 is 0 Å². The number of nitrogens with zero attached hydrogens (tertiary/aromatic N) is 1. The minimum Gasteiger partial charge on any atom is -0.541 e. The van der Waals surface area contributed by atoms with Gasteiger partial charge in [-0.1, -0.05) is 47.6 Å². The molecule has 0 spiro atoms. The number of oxime groups is 1. The first-order valence-corrected chi connectivity index (χ1v) is 19.3. The van der Waals surface area contributed by atoms with Gasteiger partial charge in [0.2, 0.25) is 5.75 Å². The van der Waals surface area contributed by atoms with E-state index in [0.717, 1.165) is 11.1 Å². The minimum atomic E-state index is -2.38. The van der Waals surface area contributed by atoms with Crippen molar-refractivity contribution in [1.82, 2.24) is 0 Å². The van der Waals surface area contributed by atoms with Crippen LogP contribution in [0.5, 0.6) is 34.5 Å². The van der Waals surface area contributed by atoms with Gasteiger partial charge in [-0.25, -0.2) is 0 Å². The molecule has 0 aliphatic carbocycles. The summed E-state index contributed by atoms with van der Waals surface area (Å²) in [5, 5.41) is 13.1. The number of rotatable bonds is 11. The molecule has 0 fully saturated rings. The van der Waals surface area contributed by atoms with Crippen LogP contribution in [0.2, 0.25) is 36.3 Å². The van der Waals surface area contributed by atoms with Gasteiger partial charge in [0, 0.05) is 5.56 Å². The Hall–Kier alpha value is -2.86. The van der Waals surface area contributed by atoms with Gasteiger partial charge in [-0.15, -0.1) is 5.16 Å². The largest absolute Gasteiger partial charge is 0.541 e. The van der Waals surface area contributed by atoms with Gasteiger partial charge in [0.25, 0.3) is 16.6 Å². The van der Waals surface area contributed by atoms with E-state index in [2.05, 4.69) is 72.9 Å². The molecule has 0 aliphatic rings. The first-order valence-electron chi connectivity index (χ1n) is 13.5. The Morgan fingerprint density at radius 3 is 1.50 bits per heavy atom. The van der Waals surface area contributed by atoms with Gasteiger partial charge in [0.05, 0.1) is 40.6 Å². The molecule has 0 aliphatic heterocycles. The maximum Gasteiger partial charge on any atom is 0.250 e. The highest BCUT2D eigenvalue weighted by Gasteiger charge is 2.44. The molecular weight excluding hydrogens is 543 g/mol. The molecule has 10 heteroatoms. The Labute approximate surface area is 242 Å². The van der Waals surface area contributed by atoms with Crippen molar-refractivity contribution in [3.63, 3.8) is 0 Å². The molecule has 0 aromatic heterocycles. The van der Waals surface area contributed by atoms with E-state index in [1.54, 1.807) is 28.4 Å². The van der Waals surface area contributed by atoms with Crippen LogP contribution in [-0.2, 0) is 0 Å². The summed E-state index contributed by atoms with van der Waals surface area (Å²) in [5.41, 5.74) is 1.53. The zero-order valence-corrected chi connectivity index (χ0v) is 28.8. The van der Waals surface area contributed by atoms with Crippen molar-refractivity contribution < 1.29 is 33.0 Å². The predicted octanol–water partition coefficient (Wildman–Crippen LogP) is 8.08. The Morgan fingerprint density at radius 2 is 1.12 bits per heavy atom. The van der Waals surface area contributed by atoms with Crippen LogP contribution in [0, 0.1) is 0 Å². The molecule has 0 saturated carbocycles. The Bertz CT molecular complexity index is 1170. The summed E-state index contributed by atoms with van der Waals surface area (Å²) >= 11 is 0. The lowest BCUT2D eigenvalue weighted by Gasteiger charge is -2.41. The smallest absolute Gasteiger partial charge is 0.250 e. The van der Waals surface area contributed by atoms with Crippen LogP contribution in [0.15, 0.2) is 29.4 Å². The molecule has 1 atom stereocenters. The summed E-state index contributed by atoms with van der Waals surface area (Å²) in [6.07, 6.45) is 1.47. The van der Waals surface area contributed by atoms with Crippen molar-refractivity contribution >= 4 is 22.8 Å². The normalized spacial score (nSPS) is 13.7. The van der Waals surface area contributed by atoms with Crippen molar-refractivity contribution in [2.75, 3.05) is 28.4 Å². The Morgan fingerprint density at radius 1 is 0.675 bits per heavy atom. The fourth-order valence-corrected chi connectivity index (χ4v) is 5.71. The highest BCUT2D eigenvalue weighted by Crippen LogP contribution is 2.51. The van der Waals surface area contributed by atoms with Gasteiger partial charge in [-0.3, -0.25) is 0 Å². The Kier molecular flexibility index (Phi) is 10.3. The van der Waals surface area contributed by atoms with E-state index in [1.807, 2.05) is 24.3 Å². The SMILES string of the molecule is COc1cc(C(/C=N\O)c2ccc(OC)c(O[Si](C)(C)C(C)(C)C)c2O[Si](C)(C)C(C)(C)C)cc(OC)c1OC. The molecule has 0 saturated heterocycles. The van der Waals surface area contributed by atoms with E-state index in [4.69, 9.17) is 27.8 Å². The number of hydrogen-bond acceptors (Lipinski definition) is 8. The summed E-state index contributed by atoms with van der Waals surface area (Å²) in [6.45, 7) is 21.9. The molecule has 0 amide bonds. The Balaban J connectivity index is 3.00. The van der Waals surface area contributed by atoms with E-state index < -0.39 is 22.6 Å². The number of methoxy groups -OCH3 is 4. The third-order valence-electron chi connectivity index (χ3n) is 8.25. The number of benzene rings is 2. The van der Waals surface area contributed by atoms with E-state index in [-0.39, 0.29) is 10.1 Å². The highest BCUT2D eigenvalue weighted by atomic mass is 28.4. The van der Waals surface area contributed by atoms with E-state index in [1.165, 1.54) is 6.21 Å². The molecule has 0 radical (unpaired) electrons. The molecule has 0 bridgehead atoms. The zero-order chi connectivity index (χ0) is 30.7. The van der Waals surface area contributed by atoms with Crippen LogP contribution in [0.3, 0.4) is 0 Å². The van der Waals surface area contributed by atoms with Crippen molar-refractivity contribution in [2.45, 2.75) is 83.7 Å². The maximum atomic E-state index is 9.83. The van der Waals surface area contributed by atoms with Gasteiger partial charge in [-0.05, 0) is 60.0 Å². The van der Waals surface area contributed by atoms with Crippen molar-refractivity contribution in [3.05, 3.63) is 35.4 Å².